The van der Waals surface area contributed by atoms with Crippen molar-refractivity contribution in [2.75, 3.05) is 0 Å². The molecule has 0 N–H and O–H groups in total. The predicted octanol–water partition coefficient (Wildman–Crippen LogP) is 6.75. The van der Waals surface area contributed by atoms with E-state index in [1.54, 1.807) is 12.1 Å². The van der Waals surface area contributed by atoms with Crippen LogP contribution >= 0.6 is 21.6 Å². The summed E-state index contributed by atoms with van der Waals surface area (Å²) in [5, 5.41) is 19.8. The minimum Gasteiger partial charge on any atom is -0.448 e. The maximum absolute atomic E-state index is 9.42. The van der Waals surface area contributed by atoms with Crippen LogP contribution in [-0.2, 0) is 0 Å². The summed E-state index contributed by atoms with van der Waals surface area (Å²) in [4.78, 5) is 0. The van der Waals surface area contributed by atoms with Crippen LogP contribution in [0.1, 0.15) is 11.1 Å². The third kappa shape index (κ3) is 3.70. The van der Waals surface area contributed by atoms with Crippen molar-refractivity contribution in [1.82, 2.24) is 0 Å². The molecule has 2 aromatic carbocycles. The molecular weight excluding hydrogens is 388 g/mol. The van der Waals surface area contributed by atoms with E-state index >= 15 is 0 Å². The van der Waals surface area contributed by atoms with Crippen molar-refractivity contribution >= 4 is 21.6 Å². The molecule has 0 aliphatic carbocycles. The van der Waals surface area contributed by atoms with Gasteiger partial charge in [0.25, 0.3) is 0 Å². The lowest BCUT2D eigenvalue weighted by Gasteiger charge is -1.98. The van der Waals surface area contributed by atoms with Gasteiger partial charge >= 0.3 is 0 Å². The molecule has 0 aliphatic rings. The van der Waals surface area contributed by atoms with Crippen LogP contribution in [-0.4, -0.2) is 0 Å². The first kappa shape index (κ1) is 18.1. The van der Waals surface area contributed by atoms with E-state index in [0.717, 1.165) is 11.1 Å². The molecular formula is C22H12N2O2S2. The fourth-order valence-corrected chi connectivity index (χ4v) is 4.58. The molecule has 0 radical (unpaired) electrons. The molecule has 0 saturated heterocycles. The summed E-state index contributed by atoms with van der Waals surface area (Å²) in [6.07, 6.45) is 0. The number of nitriles is 2. The first-order valence-corrected chi connectivity index (χ1v) is 10.5. The highest BCUT2D eigenvalue weighted by molar-refractivity contribution is 8.76. The standard InChI is InChI=1S/C22H12N2O2S2/c23-13-17-11-19(15-7-3-1-4-8-15)25-21(17)27-28-22-18(14-24)12-20(26-22)16-9-5-2-6-10-16/h1-12H. The largest absolute Gasteiger partial charge is 0.448 e. The van der Waals surface area contributed by atoms with Crippen LogP contribution < -0.4 is 0 Å². The van der Waals surface area contributed by atoms with Crippen LogP contribution in [0, 0.1) is 22.7 Å². The molecule has 2 aromatic heterocycles. The Bertz CT molecular complexity index is 1090. The van der Waals surface area contributed by atoms with Crippen LogP contribution in [0.15, 0.2) is 91.8 Å². The van der Waals surface area contributed by atoms with Gasteiger partial charge in [0, 0.05) is 23.3 Å². The van der Waals surface area contributed by atoms with Crippen LogP contribution in [0.5, 0.6) is 0 Å². The van der Waals surface area contributed by atoms with Crippen molar-refractivity contribution in [1.29, 1.82) is 10.5 Å². The van der Waals surface area contributed by atoms with Crippen molar-refractivity contribution in [3.05, 3.63) is 83.9 Å². The minimum atomic E-state index is 0.449. The average molecular weight is 400 g/mol. The predicted molar refractivity (Wildman–Crippen MR) is 109 cm³/mol. The average Bonchev–Trinajstić information content (AvgIpc) is 3.37. The van der Waals surface area contributed by atoms with Crippen molar-refractivity contribution in [2.24, 2.45) is 0 Å². The summed E-state index contributed by atoms with van der Waals surface area (Å²) < 4.78 is 11.7. The lowest BCUT2D eigenvalue weighted by atomic mass is 10.1. The number of hydrogen-bond acceptors (Lipinski definition) is 6. The Balaban J connectivity index is 1.58. The molecule has 0 amide bonds. The van der Waals surface area contributed by atoms with Gasteiger partial charge in [0.2, 0.25) is 0 Å². The van der Waals surface area contributed by atoms with Crippen molar-refractivity contribution in [3.63, 3.8) is 0 Å². The fourth-order valence-electron chi connectivity index (χ4n) is 2.59. The number of rotatable bonds is 5. The van der Waals surface area contributed by atoms with Gasteiger partial charge in [0.05, 0.1) is 0 Å². The summed E-state index contributed by atoms with van der Waals surface area (Å²) in [6, 6.07) is 27.0. The zero-order valence-electron chi connectivity index (χ0n) is 14.5. The van der Waals surface area contributed by atoms with Crippen molar-refractivity contribution in [2.45, 2.75) is 10.2 Å². The maximum Gasteiger partial charge on any atom is 0.189 e. The Labute approximate surface area is 169 Å². The molecule has 0 saturated carbocycles. The van der Waals surface area contributed by atoms with E-state index in [0.29, 0.717) is 32.8 Å². The number of benzene rings is 2. The molecule has 134 valence electrons. The number of furan rings is 2. The van der Waals surface area contributed by atoms with Gasteiger partial charge in [0.15, 0.2) is 10.2 Å². The van der Waals surface area contributed by atoms with Gasteiger partial charge in [-0.15, -0.1) is 0 Å². The third-order valence-electron chi connectivity index (χ3n) is 3.95. The summed E-state index contributed by atoms with van der Waals surface area (Å²) in [7, 11) is 2.52. The lowest BCUT2D eigenvalue weighted by molar-refractivity contribution is 0.484. The first-order valence-electron chi connectivity index (χ1n) is 8.31. The SMILES string of the molecule is N#Cc1cc(-c2ccccc2)oc1SSc1oc(-c2ccccc2)cc1C#N. The number of nitrogens with zero attached hydrogens (tertiary/aromatic N) is 2. The minimum absolute atomic E-state index is 0.449. The lowest BCUT2D eigenvalue weighted by Crippen LogP contribution is -1.71. The Morgan fingerprint density at radius 3 is 1.36 bits per heavy atom. The van der Waals surface area contributed by atoms with Gasteiger partial charge in [-0.3, -0.25) is 0 Å². The van der Waals surface area contributed by atoms with Gasteiger partial charge in [-0.2, -0.15) is 10.5 Å². The normalized spacial score (nSPS) is 10.4. The number of hydrogen-bond donors (Lipinski definition) is 0. The molecule has 0 bridgehead atoms. The van der Waals surface area contributed by atoms with E-state index in [9.17, 15) is 10.5 Å². The van der Waals surface area contributed by atoms with E-state index in [1.807, 2.05) is 60.7 Å². The van der Waals surface area contributed by atoms with Crippen molar-refractivity contribution < 1.29 is 8.83 Å². The summed E-state index contributed by atoms with van der Waals surface area (Å²) in [6.45, 7) is 0. The second-order valence-corrected chi connectivity index (χ2v) is 7.82. The van der Waals surface area contributed by atoms with Crippen LogP contribution in [0.4, 0.5) is 0 Å². The highest BCUT2D eigenvalue weighted by atomic mass is 33.1. The topological polar surface area (TPSA) is 73.9 Å². The molecule has 6 heteroatoms. The molecule has 4 aromatic rings. The zero-order valence-corrected chi connectivity index (χ0v) is 16.1. The van der Waals surface area contributed by atoms with Crippen LogP contribution in [0.3, 0.4) is 0 Å². The van der Waals surface area contributed by atoms with E-state index in [-0.39, 0.29) is 0 Å². The molecule has 0 unspecified atom stereocenters. The molecule has 0 aliphatic heterocycles. The third-order valence-corrected chi connectivity index (χ3v) is 6.10. The van der Waals surface area contributed by atoms with E-state index in [1.165, 1.54) is 21.6 Å². The van der Waals surface area contributed by atoms with Crippen molar-refractivity contribution in [3.8, 4) is 34.8 Å². The molecule has 0 fully saturated rings. The second-order valence-electron chi connectivity index (χ2n) is 5.75. The van der Waals surface area contributed by atoms with Gasteiger partial charge in [-0.1, -0.05) is 60.7 Å². The van der Waals surface area contributed by atoms with E-state index in [2.05, 4.69) is 12.1 Å². The Kier molecular flexibility index (Phi) is 5.25. The molecule has 2 heterocycles. The second kappa shape index (κ2) is 8.14. The fraction of sp³-hybridized carbons (Fsp3) is 0. The van der Waals surface area contributed by atoms with Crippen LogP contribution in [0.25, 0.3) is 22.6 Å². The molecule has 0 atom stereocenters. The highest BCUT2D eigenvalue weighted by Gasteiger charge is 2.18. The summed E-state index contributed by atoms with van der Waals surface area (Å²) >= 11 is 0. The summed E-state index contributed by atoms with van der Waals surface area (Å²) in [5.74, 6) is 1.26. The Hall–Kier alpha value is -3.32. The van der Waals surface area contributed by atoms with Crippen LogP contribution in [0.2, 0.25) is 0 Å². The smallest absolute Gasteiger partial charge is 0.189 e. The Morgan fingerprint density at radius 1 is 0.607 bits per heavy atom. The molecule has 28 heavy (non-hydrogen) atoms. The van der Waals surface area contributed by atoms with Gasteiger partial charge in [-0.25, -0.2) is 0 Å². The molecule has 4 rings (SSSR count). The first-order chi connectivity index (χ1) is 13.8. The molecule has 4 nitrogen and oxygen atoms in total. The van der Waals surface area contributed by atoms with Gasteiger partial charge in [0.1, 0.15) is 34.8 Å². The molecule has 0 spiro atoms. The van der Waals surface area contributed by atoms with E-state index < -0.39 is 0 Å². The van der Waals surface area contributed by atoms with Gasteiger partial charge < -0.3 is 8.83 Å². The monoisotopic (exact) mass is 400 g/mol. The Morgan fingerprint density at radius 2 is 1.00 bits per heavy atom. The zero-order chi connectivity index (χ0) is 19.3. The highest BCUT2D eigenvalue weighted by Crippen LogP contribution is 2.44. The van der Waals surface area contributed by atoms with Gasteiger partial charge in [-0.05, 0) is 21.6 Å². The quantitative estimate of drug-likeness (QED) is 0.345. The maximum atomic E-state index is 9.42. The van der Waals surface area contributed by atoms with E-state index in [4.69, 9.17) is 8.83 Å². The summed E-state index contributed by atoms with van der Waals surface area (Å²) in [5.41, 5.74) is 2.70.